The van der Waals surface area contributed by atoms with Crippen molar-refractivity contribution in [3.8, 4) is 11.5 Å². The topological polar surface area (TPSA) is 59.6 Å². The number of amides is 1. The Morgan fingerprint density at radius 3 is 2.55 bits per heavy atom. The molecule has 0 heterocycles. The molecule has 0 aliphatic rings. The third kappa shape index (κ3) is 4.74. The molecule has 0 bridgehead atoms. The van der Waals surface area contributed by atoms with Crippen LogP contribution < -0.4 is 20.1 Å². The van der Waals surface area contributed by atoms with Crippen molar-refractivity contribution in [3.63, 3.8) is 0 Å². The van der Waals surface area contributed by atoms with Gasteiger partial charge in [-0.15, -0.1) is 0 Å². The molecule has 0 aliphatic heterocycles. The zero-order valence-corrected chi connectivity index (χ0v) is 12.7. The van der Waals surface area contributed by atoms with Crippen molar-refractivity contribution < 1.29 is 14.3 Å². The number of hydrogen-bond acceptors (Lipinski definition) is 4. The van der Waals surface area contributed by atoms with Gasteiger partial charge >= 0.3 is 0 Å². The van der Waals surface area contributed by atoms with Crippen LogP contribution in [0, 0.1) is 0 Å². The monoisotopic (exact) mass is 280 g/mol. The first-order chi connectivity index (χ1) is 9.62. The van der Waals surface area contributed by atoms with Gasteiger partial charge in [-0.3, -0.25) is 4.79 Å². The molecule has 0 spiro atoms. The van der Waals surface area contributed by atoms with E-state index >= 15 is 0 Å². The van der Waals surface area contributed by atoms with Crippen molar-refractivity contribution in [3.05, 3.63) is 23.8 Å². The van der Waals surface area contributed by atoms with Crippen LogP contribution in [0.1, 0.15) is 19.4 Å². The third-order valence-electron chi connectivity index (χ3n) is 3.06. The van der Waals surface area contributed by atoms with Gasteiger partial charge in [-0.2, -0.15) is 0 Å². The Balaban J connectivity index is 2.48. The fourth-order valence-corrected chi connectivity index (χ4v) is 1.89. The standard InChI is InChI=1S/C15H24N2O3/c1-5-16-15(18)11(2)17-9-8-12-6-7-13(19-3)14(10-12)20-4/h6-7,10-11,17H,5,8-9H2,1-4H3,(H,16,18). The summed E-state index contributed by atoms with van der Waals surface area (Å²) in [5.74, 6) is 1.47. The number of methoxy groups -OCH3 is 2. The molecular formula is C15H24N2O3. The predicted octanol–water partition coefficient (Wildman–Crippen LogP) is 1.36. The van der Waals surface area contributed by atoms with Crippen molar-refractivity contribution in [2.75, 3.05) is 27.3 Å². The molecule has 1 aromatic carbocycles. The zero-order chi connectivity index (χ0) is 15.0. The van der Waals surface area contributed by atoms with Gasteiger partial charge in [-0.05, 0) is 44.5 Å². The van der Waals surface area contributed by atoms with Gasteiger partial charge < -0.3 is 20.1 Å². The summed E-state index contributed by atoms with van der Waals surface area (Å²) in [5, 5.41) is 5.99. The van der Waals surface area contributed by atoms with Crippen LogP contribution >= 0.6 is 0 Å². The second-order valence-electron chi connectivity index (χ2n) is 4.51. The van der Waals surface area contributed by atoms with E-state index in [4.69, 9.17) is 9.47 Å². The number of nitrogens with one attached hydrogen (secondary N) is 2. The normalized spacial score (nSPS) is 11.8. The second-order valence-corrected chi connectivity index (χ2v) is 4.51. The predicted molar refractivity (Wildman–Crippen MR) is 79.4 cm³/mol. The molecule has 0 fully saturated rings. The smallest absolute Gasteiger partial charge is 0.236 e. The molecule has 1 atom stereocenters. The average Bonchev–Trinajstić information content (AvgIpc) is 2.47. The van der Waals surface area contributed by atoms with Gasteiger partial charge in [0.2, 0.25) is 5.91 Å². The van der Waals surface area contributed by atoms with E-state index in [-0.39, 0.29) is 11.9 Å². The highest BCUT2D eigenvalue weighted by molar-refractivity contribution is 5.81. The summed E-state index contributed by atoms with van der Waals surface area (Å²) in [4.78, 5) is 11.6. The number of carbonyl (C=O) groups excluding carboxylic acids is 1. The molecule has 1 unspecified atom stereocenters. The Bertz CT molecular complexity index is 435. The lowest BCUT2D eigenvalue weighted by molar-refractivity contribution is -0.122. The molecular weight excluding hydrogens is 256 g/mol. The average molecular weight is 280 g/mol. The highest BCUT2D eigenvalue weighted by Gasteiger charge is 2.10. The number of carbonyl (C=O) groups is 1. The van der Waals surface area contributed by atoms with E-state index < -0.39 is 0 Å². The lowest BCUT2D eigenvalue weighted by Gasteiger charge is -2.14. The third-order valence-corrected chi connectivity index (χ3v) is 3.06. The highest BCUT2D eigenvalue weighted by atomic mass is 16.5. The number of ether oxygens (including phenoxy) is 2. The lowest BCUT2D eigenvalue weighted by Crippen LogP contribution is -2.42. The lowest BCUT2D eigenvalue weighted by atomic mass is 10.1. The molecule has 0 saturated carbocycles. The quantitative estimate of drug-likeness (QED) is 0.755. The van der Waals surface area contributed by atoms with Crippen molar-refractivity contribution in [1.82, 2.24) is 10.6 Å². The highest BCUT2D eigenvalue weighted by Crippen LogP contribution is 2.27. The maximum Gasteiger partial charge on any atom is 0.236 e. The van der Waals surface area contributed by atoms with Gasteiger partial charge in [0, 0.05) is 6.54 Å². The van der Waals surface area contributed by atoms with Crippen LogP contribution in [-0.2, 0) is 11.2 Å². The fourth-order valence-electron chi connectivity index (χ4n) is 1.89. The number of benzene rings is 1. The van der Waals surface area contributed by atoms with E-state index in [0.29, 0.717) is 6.54 Å². The second kappa shape index (κ2) is 8.43. The molecule has 0 aromatic heterocycles. The molecule has 5 nitrogen and oxygen atoms in total. The largest absolute Gasteiger partial charge is 0.493 e. The number of rotatable bonds is 8. The summed E-state index contributed by atoms with van der Waals surface area (Å²) >= 11 is 0. The summed E-state index contributed by atoms with van der Waals surface area (Å²) < 4.78 is 10.5. The minimum atomic E-state index is -0.185. The SMILES string of the molecule is CCNC(=O)C(C)NCCc1ccc(OC)c(OC)c1. The van der Waals surface area contributed by atoms with Gasteiger partial charge in [0.25, 0.3) is 0 Å². The Labute approximate surface area is 120 Å². The minimum Gasteiger partial charge on any atom is -0.493 e. The van der Waals surface area contributed by atoms with Crippen molar-refractivity contribution in [1.29, 1.82) is 0 Å². The summed E-state index contributed by atoms with van der Waals surface area (Å²) in [7, 11) is 3.24. The maximum atomic E-state index is 11.6. The molecule has 1 amide bonds. The maximum absolute atomic E-state index is 11.6. The molecule has 1 rings (SSSR count). The Kier molecular flexibility index (Phi) is 6.87. The summed E-state index contributed by atoms with van der Waals surface area (Å²) in [6, 6.07) is 5.66. The van der Waals surface area contributed by atoms with Gasteiger partial charge in [-0.1, -0.05) is 6.07 Å². The van der Waals surface area contributed by atoms with Crippen LogP contribution in [-0.4, -0.2) is 39.3 Å². The van der Waals surface area contributed by atoms with Crippen LogP contribution in [0.4, 0.5) is 0 Å². The van der Waals surface area contributed by atoms with Crippen molar-refractivity contribution >= 4 is 5.91 Å². The first-order valence-electron chi connectivity index (χ1n) is 6.84. The van der Waals surface area contributed by atoms with Gasteiger partial charge in [0.15, 0.2) is 11.5 Å². The van der Waals surface area contributed by atoms with E-state index in [1.54, 1.807) is 14.2 Å². The Morgan fingerprint density at radius 1 is 1.25 bits per heavy atom. The molecule has 112 valence electrons. The first kappa shape index (κ1) is 16.3. The minimum absolute atomic E-state index is 0.0276. The number of hydrogen-bond donors (Lipinski definition) is 2. The van der Waals surface area contributed by atoms with Gasteiger partial charge in [-0.25, -0.2) is 0 Å². The summed E-state index contributed by atoms with van der Waals surface area (Å²) in [6.45, 7) is 5.15. The zero-order valence-electron chi connectivity index (χ0n) is 12.7. The summed E-state index contributed by atoms with van der Waals surface area (Å²) in [6.07, 6.45) is 0.824. The molecule has 0 saturated heterocycles. The van der Waals surface area contributed by atoms with E-state index in [2.05, 4.69) is 10.6 Å². The van der Waals surface area contributed by atoms with Crippen molar-refractivity contribution in [2.45, 2.75) is 26.3 Å². The van der Waals surface area contributed by atoms with Gasteiger partial charge in [0.1, 0.15) is 0 Å². The molecule has 1 aromatic rings. The molecule has 2 N–H and O–H groups in total. The van der Waals surface area contributed by atoms with Crippen molar-refractivity contribution in [2.24, 2.45) is 0 Å². The van der Waals surface area contributed by atoms with E-state index in [1.807, 2.05) is 32.0 Å². The Morgan fingerprint density at radius 2 is 1.95 bits per heavy atom. The van der Waals surface area contributed by atoms with Crippen LogP contribution in [0.15, 0.2) is 18.2 Å². The van der Waals surface area contributed by atoms with Crippen LogP contribution in [0.2, 0.25) is 0 Å². The summed E-state index contributed by atoms with van der Waals surface area (Å²) in [5.41, 5.74) is 1.14. The van der Waals surface area contributed by atoms with Gasteiger partial charge in [0.05, 0.1) is 20.3 Å². The molecule has 0 aliphatic carbocycles. The van der Waals surface area contributed by atoms with E-state index in [9.17, 15) is 4.79 Å². The molecule has 0 radical (unpaired) electrons. The Hall–Kier alpha value is -1.75. The first-order valence-corrected chi connectivity index (χ1v) is 6.84. The van der Waals surface area contributed by atoms with E-state index in [0.717, 1.165) is 30.0 Å². The fraction of sp³-hybridized carbons (Fsp3) is 0.533. The van der Waals surface area contributed by atoms with Crippen LogP contribution in [0.3, 0.4) is 0 Å². The van der Waals surface area contributed by atoms with Crippen LogP contribution in [0.5, 0.6) is 11.5 Å². The van der Waals surface area contributed by atoms with E-state index in [1.165, 1.54) is 0 Å². The molecule has 20 heavy (non-hydrogen) atoms. The van der Waals surface area contributed by atoms with Crippen LogP contribution in [0.25, 0.3) is 0 Å². The number of likely N-dealkylation sites (N-methyl/N-ethyl adjacent to an activating group) is 1. The molecule has 5 heteroatoms.